The maximum Gasteiger partial charge on any atom is 0.335 e. The molecule has 1 aliphatic rings. The molecule has 0 spiro atoms. The summed E-state index contributed by atoms with van der Waals surface area (Å²) >= 11 is 0. The molecule has 0 bridgehead atoms. The number of morpholine rings is 1. The van der Waals surface area contributed by atoms with E-state index in [1.165, 1.54) is 17.0 Å². The Morgan fingerprint density at radius 2 is 1.82 bits per heavy atom. The first-order valence-corrected chi connectivity index (χ1v) is 8.47. The quantitative estimate of drug-likeness (QED) is 0.637. The molecule has 1 N–H and O–H groups in total. The van der Waals surface area contributed by atoms with E-state index in [9.17, 15) is 24.1 Å². The van der Waals surface area contributed by atoms with Crippen LogP contribution in [0.15, 0.2) is 42.5 Å². The second kappa shape index (κ2) is 7.73. The van der Waals surface area contributed by atoms with Crippen molar-refractivity contribution in [2.75, 3.05) is 13.1 Å². The number of non-ortho nitro benzene ring substituents is 1. The van der Waals surface area contributed by atoms with Crippen LogP contribution >= 0.6 is 0 Å². The van der Waals surface area contributed by atoms with Crippen molar-refractivity contribution in [3.63, 3.8) is 0 Å². The number of carbonyl (C=O) groups excluding carboxylic acids is 1. The smallest absolute Gasteiger partial charge is 0.335 e. The summed E-state index contributed by atoms with van der Waals surface area (Å²) in [6, 6.07) is 8.80. The van der Waals surface area contributed by atoms with Gasteiger partial charge in [0.25, 0.3) is 11.6 Å². The van der Waals surface area contributed by atoms with E-state index in [0.29, 0.717) is 5.56 Å². The van der Waals surface area contributed by atoms with E-state index in [1.54, 1.807) is 19.1 Å². The number of carbonyl (C=O) groups is 2. The van der Waals surface area contributed by atoms with Gasteiger partial charge in [0.15, 0.2) is 0 Å². The molecule has 2 atom stereocenters. The number of carboxylic acids is 1. The fourth-order valence-corrected chi connectivity index (χ4v) is 3.12. The van der Waals surface area contributed by atoms with Gasteiger partial charge in [0.05, 0.1) is 23.1 Å². The zero-order valence-corrected chi connectivity index (χ0v) is 14.9. The Balaban J connectivity index is 1.89. The maximum absolute atomic E-state index is 13.2. The minimum atomic E-state index is -1.36. The standard InChI is InChI=1S/C19H17FN2O6/c1-11-9-21(10-17(28-11)12-2-4-15(20)5-3-12)18(23)13-6-14(19(24)25)8-16(7-13)22(26)27/h2-8,11,17H,9-10H2,1H3,(H,24,25). The SMILES string of the molecule is CC1CN(C(=O)c2cc(C(=O)O)cc([N+](=O)[O-])c2)CC(c2ccc(F)cc2)O1. The third-order valence-corrected chi connectivity index (χ3v) is 4.41. The molecule has 8 nitrogen and oxygen atoms in total. The van der Waals surface area contributed by atoms with Crippen molar-refractivity contribution in [1.29, 1.82) is 0 Å². The Morgan fingerprint density at radius 1 is 1.18 bits per heavy atom. The molecule has 146 valence electrons. The monoisotopic (exact) mass is 388 g/mol. The summed E-state index contributed by atoms with van der Waals surface area (Å²) in [5.74, 6) is -2.29. The predicted octanol–water partition coefficient (Wildman–Crippen LogP) is 3.03. The number of hydrogen-bond donors (Lipinski definition) is 1. The lowest BCUT2D eigenvalue weighted by molar-refractivity contribution is -0.384. The Hall–Kier alpha value is -3.33. The molecule has 28 heavy (non-hydrogen) atoms. The molecule has 0 saturated carbocycles. The first-order chi connectivity index (χ1) is 13.2. The van der Waals surface area contributed by atoms with Crippen molar-refractivity contribution in [3.05, 3.63) is 75.1 Å². The number of nitro benzene ring substituents is 1. The molecule has 1 aliphatic heterocycles. The molecule has 0 radical (unpaired) electrons. The van der Waals surface area contributed by atoms with Gasteiger partial charge in [0.1, 0.15) is 11.9 Å². The van der Waals surface area contributed by atoms with Crippen LogP contribution in [0.4, 0.5) is 10.1 Å². The Labute approximate surface area is 159 Å². The first-order valence-electron chi connectivity index (χ1n) is 8.47. The molecule has 2 aromatic rings. The van der Waals surface area contributed by atoms with Crippen LogP contribution < -0.4 is 0 Å². The topological polar surface area (TPSA) is 110 Å². The molecule has 1 amide bonds. The highest BCUT2D eigenvalue weighted by Gasteiger charge is 2.31. The second-order valence-corrected chi connectivity index (χ2v) is 6.53. The highest BCUT2D eigenvalue weighted by atomic mass is 19.1. The zero-order chi connectivity index (χ0) is 20.4. The van der Waals surface area contributed by atoms with Crippen molar-refractivity contribution in [3.8, 4) is 0 Å². The third kappa shape index (κ3) is 4.15. The summed E-state index contributed by atoms with van der Waals surface area (Å²) in [5.41, 5.74) is -0.205. The number of nitro groups is 1. The normalized spacial score (nSPS) is 19.3. The van der Waals surface area contributed by atoms with Crippen molar-refractivity contribution in [1.82, 2.24) is 4.90 Å². The molecular formula is C19H17FN2O6. The number of aromatic carboxylic acids is 1. The molecule has 9 heteroatoms. The van der Waals surface area contributed by atoms with Gasteiger partial charge in [0.2, 0.25) is 0 Å². The minimum absolute atomic E-state index is 0.0847. The second-order valence-electron chi connectivity index (χ2n) is 6.53. The van der Waals surface area contributed by atoms with Gasteiger partial charge in [-0.2, -0.15) is 0 Å². The van der Waals surface area contributed by atoms with Gasteiger partial charge in [-0.05, 0) is 30.7 Å². The molecule has 1 heterocycles. The van der Waals surface area contributed by atoms with Gasteiger partial charge in [-0.3, -0.25) is 14.9 Å². The fraction of sp³-hybridized carbons (Fsp3) is 0.263. The third-order valence-electron chi connectivity index (χ3n) is 4.41. The number of rotatable bonds is 4. The molecule has 0 aromatic heterocycles. The van der Waals surface area contributed by atoms with Crippen LogP contribution in [0.2, 0.25) is 0 Å². The Bertz CT molecular complexity index is 898. The van der Waals surface area contributed by atoms with E-state index >= 15 is 0 Å². The fourth-order valence-electron chi connectivity index (χ4n) is 3.12. The lowest BCUT2D eigenvalue weighted by Gasteiger charge is -2.37. The van der Waals surface area contributed by atoms with Gasteiger partial charge in [0, 0.05) is 24.2 Å². The van der Waals surface area contributed by atoms with E-state index in [0.717, 1.165) is 18.2 Å². The van der Waals surface area contributed by atoms with Crippen molar-refractivity contribution in [2.45, 2.75) is 19.1 Å². The molecule has 2 unspecified atom stereocenters. The predicted molar refractivity (Wildman–Crippen MR) is 95.6 cm³/mol. The number of amides is 1. The maximum atomic E-state index is 13.2. The number of nitrogens with zero attached hydrogens (tertiary/aromatic N) is 2. The van der Waals surface area contributed by atoms with Gasteiger partial charge in [-0.25, -0.2) is 9.18 Å². The Kier molecular flexibility index (Phi) is 5.36. The lowest BCUT2D eigenvalue weighted by Crippen LogP contribution is -2.46. The summed E-state index contributed by atoms with van der Waals surface area (Å²) in [6.07, 6.45) is -0.823. The molecule has 1 saturated heterocycles. The van der Waals surface area contributed by atoms with Crippen LogP contribution in [0.5, 0.6) is 0 Å². The van der Waals surface area contributed by atoms with E-state index in [-0.39, 0.29) is 30.3 Å². The number of halogens is 1. The zero-order valence-electron chi connectivity index (χ0n) is 14.9. The average molecular weight is 388 g/mol. The highest BCUT2D eigenvalue weighted by molar-refractivity contribution is 5.98. The van der Waals surface area contributed by atoms with Crippen LogP contribution in [-0.4, -0.2) is 46.0 Å². The van der Waals surface area contributed by atoms with Crippen molar-refractivity contribution < 1.29 is 28.7 Å². The van der Waals surface area contributed by atoms with E-state index in [2.05, 4.69) is 0 Å². The van der Waals surface area contributed by atoms with Gasteiger partial charge < -0.3 is 14.7 Å². The molecular weight excluding hydrogens is 371 g/mol. The summed E-state index contributed by atoms with van der Waals surface area (Å²) < 4.78 is 19.0. The van der Waals surface area contributed by atoms with Crippen molar-refractivity contribution >= 4 is 17.6 Å². The number of carboxylic acid groups (broad SMARTS) is 1. The van der Waals surface area contributed by atoms with E-state index in [1.807, 2.05) is 0 Å². The number of ether oxygens (including phenoxy) is 1. The van der Waals surface area contributed by atoms with E-state index < -0.39 is 34.4 Å². The van der Waals surface area contributed by atoms with Gasteiger partial charge in [-0.1, -0.05) is 12.1 Å². The van der Waals surface area contributed by atoms with Gasteiger partial charge in [-0.15, -0.1) is 0 Å². The molecule has 1 fully saturated rings. The average Bonchev–Trinajstić information content (AvgIpc) is 2.67. The van der Waals surface area contributed by atoms with Gasteiger partial charge >= 0.3 is 5.97 Å². The van der Waals surface area contributed by atoms with Crippen LogP contribution in [0.25, 0.3) is 0 Å². The molecule has 3 rings (SSSR count). The van der Waals surface area contributed by atoms with Crippen molar-refractivity contribution in [2.24, 2.45) is 0 Å². The summed E-state index contributed by atoms with van der Waals surface area (Å²) in [7, 11) is 0. The van der Waals surface area contributed by atoms with Crippen LogP contribution in [0.3, 0.4) is 0 Å². The van der Waals surface area contributed by atoms with Crippen LogP contribution in [0, 0.1) is 15.9 Å². The summed E-state index contributed by atoms with van der Waals surface area (Å²) in [4.78, 5) is 36.0. The Morgan fingerprint density at radius 3 is 2.43 bits per heavy atom. The van der Waals surface area contributed by atoms with Crippen LogP contribution in [-0.2, 0) is 4.74 Å². The molecule has 2 aromatic carbocycles. The first kappa shape index (κ1) is 19.4. The van der Waals surface area contributed by atoms with E-state index in [4.69, 9.17) is 9.84 Å². The number of hydrogen-bond acceptors (Lipinski definition) is 5. The number of benzene rings is 2. The minimum Gasteiger partial charge on any atom is -0.478 e. The lowest BCUT2D eigenvalue weighted by atomic mass is 10.0. The summed E-state index contributed by atoms with van der Waals surface area (Å²) in [6.45, 7) is 2.16. The molecule has 0 aliphatic carbocycles. The summed E-state index contributed by atoms with van der Waals surface area (Å²) in [5, 5.41) is 20.2. The van der Waals surface area contributed by atoms with Crippen LogP contribution in [0.1, 0.15) is 39.3 Å². The highest BCUT2D eigenvalue weighted by Crippen LogP contribution is 2.27. The largest absolute Gasteiger partial charge is 0.478 e.